The highest BCUT2D eigenvalue weighted by Gasteiger charge is 2.02. The number of methoxy groups -OCH3 is 1. The molecular formula is C14H17N3O. The minimum atomic E-state index is 0.590. The highest BCUT2D eigenvalue weighted by atomic mass is 16.5. The van der Waals surface area contributed by atoms with Crippen molar-refractivity contribution in [1.29, 1.82) is 0 Å². The van der Waals surface area contributed by atoms with Gasteiger partial charge in [-0.05, 0) is 36.2 Å². The number of nitrogens with two attached hydrogens (primary N) is 1. The fourth-order valence-corrected chi connectivity index (χ4v) is 1.74. The summed E-state index contributed by atoms with van der Waals surface area (Å²) < 4.78 is 5.10. The topological polar surface area (TPSA) is 60.2 Å². The molecule has 2 rings (SSSR count). The molecule has 0 saturated carbocycles. The van der Waals surface area contributed by atoms with Gasteiger partial charge >= 0.3 is 0 Å². The van der Waals surface area contributed by atoms with Crippen LogP contribution in [0.25, 0.3) is 0 Å². The predicted molar refractivity (Wildman–Crippen MR) is 73.8 cm³/mol. The van der Waals surface area contributed by atoms with Crippen molar-refractivity contribution in [2.24, 2.45) is 0 Å². The highest BCUT2D eigenvalue weighted by molar-refractivity contribution is 5.69. The second kappa shape index (κ2) is 5.51. The second-order valence-corrected chi connectivity index (χ2v) is 4.21. The summed E-state index contributed by atoms with van der Waals surface area (Å²) >= 11 is 0. The quantitative estimate of drug-likeness (QED) is 0.866. The molecule has 94 valence electrons. The van der Waals surface area contributed by atoms with Crippen LogP contribution >= 0.6 is 0 Å². The third-order valence-corrected chi connectivity index (χ3v) is 2.55. The van der Waals surface area contributed by atoms with Crippen LogP contribution in [0.1, 0.15) is 11.1 Å². The van der Waals surface area contributed by atoms with Gasteiger partial charge in [-0.25, -0.2) is 4.98 Å². The molecule has 0 bridgehead atoms. The second-order valence-electron chi connectivity index (χ2n) is 4.21. The van der Waals surface area contributed by atoms with E-state index in [1.165, 1.54) is 0 Å². The Bertz CT molecular complexity index is 540. The molecule has 0 fully saturated rings. The molecule has 0 saturated heterocycles. The summed E-state index contributed by atoms with van der Waals surface area (Å²) in [6.07, 6.45) is 1.79. The Labute approximate surface area is 107 Å². The van der Waals surface area contributed by atoms with Crippen molar-refractivity contribution >= 4 is 17.2 Å². The molecule has 3 N–H and O–H groups in total. The average Bonchev–Trinajstić information content (AvgIpc) is 2.34. The number of rotatable bonds is 4. The van der Waals surface area contributed by atoms with Crippen molar-refractivity contribution in [2.75, 3.05) is 18.2 Å². The number of nitrogen functional groups attached to an aromatic ring is 1. The summed E-state index contributed by atoms with van der Waals surface area (Å²) in [6, 6.07) is 9.88. The number of benzene rings is 1. The first-order valence-electron chi connectivity index (χ1n) is 5.76. The molecule has 18 heavy (non-hydrogen) atoms. The van der Waals surface area contributed by atoms with E-state index in [9.17, 15) is 0 Å². The van der Waals surface area contributed by atoms with E-state index >= 15 is 0 Å². The maximum Gasteiger partial charge on any atom is 0.153 e. The van der Waals surface area contributed by atoms with Crippen molar-refractivity contribution in [3.8, 4) is 0 Å². The number of nitrogens with one attached hydrogen (secondary N) is 1. The molecule has 4 nitrogen and oxygen atoms in total. The van der Waals surface area contributed by atoms with E-state index in [-0.39, 0.29) is 0 Å². The first-order valence-corrected chi connectivity index (χ1v) is 5.76. The minimum Gasteiger partial charge on any atom is -0.396 e. The van der Waals surface area contributed by atoms with E-state index in [2.05, 4.69) is 10.3 Å². The van der Waals surface area contributed by atoms with Gasteiger partial charge in [-0.3, -0.25) is 0 Å². The molecule has 1 aromatic carbocycles. The summed E-state index contributed by atoms with van der Waals surface area (Å²) in [7, 11) is 1.68. The number of pyridine rings is 1. The highest BCUT2D eigenvalue weighted by Crippen LogP contribution is 2.22. The largest absolute Gasteiger partial charge is 0.396 e. The van der Waals surface area contributed by atoms with E-state index in [0.29, 0.717) is 18.1 Å². The SMILES string of the molecule is COCc1cccc(Nc2ncc(C)cc2N)c1. The van der Waals surface area contributed by atoms with Gasteiger partial charge in [-0.2, -0.15) is 0 Å². The zero-order valence-electron chi connectivity index (χ0n) is 10.6. The van der Waals surface area contributed by atoms with Gasteiger partial charge in [0, 0.05) is 19.0 Å². The lowest BCUT2D eigenvalue weighted by Gasteiger charge is -2.10. The van der Waals surface area contributed by atoms with Crippen molar-refractivity contribution in [1.82, 2.24) is 4.98 Å². The maximum absolute atomic E-state index is 5.92. The summed E-state index contributed by atoms with van der Waals surface area (Å²) in [5.41, 5.74) is 9.67. The van der Waals surface area contributed by atoms with Crippen molar-refractivity contribution in [3.63, 3.8) is 0 Å². The van der Waals surface area contributed by atoms with Crippen LogP contribution in [-0.4, -0.2) is 12.1 Å². The molecule has 0 aliphatic carbocycles. The fourth-order valence-electron chi connectivity index (χ4n) is 1.74. The number of hydrogen-bond acceptors (Lipinski definition) is 4. The van der Waals surface area contributed by atoms with Gasteiger partial charge in [0.25, 0.3) is 0 Å². The Kier molecular flexibility index (Phi) is 3.79. The van der Waals surface area contributed by atoms with E-state index in [4.69, 9.17) is 10.5 Å². The Morgan fingerprint density at radius 1 is 1.33 bits per heavy atom. The van der Waals surface area contributed by atoms with E-state index in [1.807, 2.05) is 37.3 Å². The van der Waals surface area contributed by atoms with Crippen LogP contribution in [0.4, 0.5) is 17.2 Å². The van der Waals surface area contributed by atoms with Crippen molar-refractivity contribution in [3.05, 3.63) is 47.7 Å². The lowest BCUT2D eigenvalue weighted by atomic mass is 10.2. The molecule has 1 aromatic heterocycles. The van der Waals surface area contributed by atoms with Crippen LogP contribution in [0.3, 0.4) is 0 Å². The van der Waals surface area contributed by atoms with E-state index in [1.54, 1.807) is 13.3 Å². The number of hydrogen-bond donors (Lipinski definition) is 2. The molecule has 4 heteroatoms. The molecule has 0 aliphatic heterocycles. The minimum absolute atomic E-state index is 0.590. The molecule has 0 amide bonds. The van der Waals surface area contributed by atoms with Crippen LogP contribution < -0.4 is 11.1 Å². The van der Waals surface area contributed by atoms with Gasteiger partial charge in [0.2, 0.25) is 0 Å². The molecular weight excluding hydrogens is 226 g/mol. The van der Waals surface area contributed by atoms with Crippen LogP contribution in [0, 0.1) is 6.92 Å². The normalized spacial score (nSPS) is 10.3. The first-order chi connectivity index (χ1) is 8.69. The summed E-state index contributed by atoms with van der Waals surface area (Å²) in [4.78, 5) is 4.28. The number of anilines is 3. The molecule has 0 spiro atoms. The molecule has 1 heterocycles. The number of aromatic nitrogens is 1. The summed E-state index contributed by atoms with van der Waals surface area (Å²) in [5.74, 6) is 0.676. The number of ether oxygens (including phenoxy) is 1. The fraction of sp³-hybridized carbons (Fsp3) is 0.214. The van der Waals surface area contributed by atoms with Crippen LogP contribution in [0.2, 0.25) is 0 Å². The molecule has 2 aromatic rings. The number of nitrogens with zero attached hydrogens (tertiary/aromatic N) is 1. The van der Waals surface area contributed by atoms with Gasteiger partial charge in [0.05, 0.1) is 12.3 Å². The number of aryl methyl sites for hydroxylation is 1. The third-order valence-electron chi connectivity index (χ3n) is 2.55. The Hall–Kier alpha value is -2.07. The van der Waals surface area contributed by atoms with Crippen LogP contribution in [-0.2, 0) is 11.3 Å². The molecule has 0 radical (unpaired) electrons. The monoisotopic (exact) mass is 243 g/mol. The first kappa shape index (κ1) is 12.4. The van der Waals surface area contributed by atoms with Crippen molar-refractivity contribution < 1.29 is 4.74 Å². The van der Waals surface area contributed by atoms with Gasteiger partial charge in [-0.15, -0.1) is 0 Å². The standard InChI is InChI=1S/C14H17N3O/c1-10-6-13(15)14(16-8-10)17-12-5-3-4-11(7-12)9-18-2/h3-8H,9,15H2,1-2H3,(H,16,17). The Balaban J connectivity index is 2.20. The maximum atomic E-state index is 5.92. The van der Waals surface area contributed by atoms with Crippen LogP contribution in [0.15, 0.2) is 36.5 Å². The molecule has 0 aliphatic rings. The van der Waals surface area contributed by atoms with Crippen LogP contribution in [0.5, 0.6) is 0 Å². The third kappa shape index (κ3) is 2.99. The Morgan fingerprint density at radius 3 is 2.89 bits per heavy atom. The molecule has 0 atom stereocenters. The predicted octanol–water partition coefficient (Wildman–Crippen LogP) is 2.86. The van der Waals surface area contributed by atoms with Gasteiger partial charge in [-0.1, -0.05) is 12.1 Å². The molecule has 0 unspecified atom stereocenters. The summed E-state index contributed by atoms with van der Waals surface area (Å²) in [6.45, 7) is 2.55. The van der Waals surface area contributed by atoms with Gasteiger partial charge in [0.15, 0.2) is 5.82 Å². The van der Waals surface area contributed by atoms with E-state index in [0.717, 1.165) is 16.8 Å². The lowest BCUT2D eigenvalue weighted by Crippen LogP contribution is -2.00. The van der Waals surface area contributed by atoms with E-state index < -0.39 is 0 Å². The lowest BCUT2D eigenvalue weighted by molar-refractivity contribution is 0.185. The Morgan fingerprint density at radius 2 is 2.17 bits per heavy atom. The van der Waals surface area contributed by atoms with Crippen molar-refractivity contribution in [2.45, 2.75) is 13.5 Å². The van der Waals surface area contributed by atoms with Gasteiger partial charge < -0.3 is 15.8 Å². The zero-order valence-corrected chi connectivity index (χ0v) is 10.6. The smallest absolute Gasteiger partial charge is 0.153 e. The summed E-state index contributed by atoms with van der Waals surface area (Å²) in [5, 5.41) is 3.21. The zero-order chi connectivity index (χ0) is 13.0. The van der Waals surface area contributed by atoms with Gasteiger partial charge in [0.1, 0.15) is 0 Å². The average molecular weight is 243 g/mol.